The molecule has 0 amide bonds. The Morgan fingerprint density at radius 2 is 1.38 bits per heavy atom. The second-order valence-electron chi connectivity index (χ2n) is 7.37. The van der Waals surface area contributed by atoms with E-state index in [4.69, 9.17) is 27.9 Å². The third-order valence-electron chi connectivity index (χ3n) is 4.75. The molecule has 0 aliphatic rings. The van der Waals surface area contributed by atoms with Crippen LogP contribution in [0.3, 0.4) is 0 Å². The molecule has 0 unspecified atom stereocenters. The number of hydrogen-bond donors (Lipinski definition) is 3. The zero-order valence-electron chi connectivity index (χ0n) is 19.2. The van der Waals surface area contributed by atoms with Gasteiger partial charge in [0.15, 0.2) is 5.82 Å². The van der Waals surface area contributed by atoms with Crippen molar-refractivity contribution >= 4 is 58.9 Å². The average molecular weight is 542 g/mol. The van der Waals surface area contributed by atoms with E-state index in [1.165, 1.54) is 36.7 Å². The third kappa shape index (κ3) is 7.12. The summed E-state index contributed by atoms with van der Waals surface area (Å²) in [5, 5.41) is 11.4. The molecule has 0 aliphatic carbocycles. The third-order valence-corrected chi connectivity index (χ3v) is 5.37. The average Bonchev–Trinajstić information content (AvgIpc) is 2.88. The van der Waals surface area contributed by atoms with Crippen LogP contribution in [-0.4, -0.2) is 29.5 Å². The summed E-state index contributed by atoms with van der Waals surface area (Å²) in [5.74, 6) is 0.297. The lowest BCUT2D eigenvalue weighted by Crippen LogP contribution is -2.04. The molecule has 0 aliphatic heterocycles. The number of hydrazone groups is 2. The molecule has 1 aromatic heterocycles. The molecule has 0 spiro atoms. The van der Waals surface area contributed by atoms with E-state index in [2.05, 4.69) is 36.3 Å². The number of para-hydroxylation sites is 2. The molecular weight excluding hydrogens is 523 g/mol. The molecular formula is C25H19Cl2F2N7O. The van der Waals surface area contributed by atoms with Crippen molar-refractivity contribution in [2.24, 2.45) is 10.2 Å². The Labute approximate surface area is 221 Å². The Morgan fingerprint density at radius 1 is 0.784 bits per heavy atom. The van der Waals surface area contributed by atoms with Gasteiger partial charge in [-0.2, -0.15) is 20.2 Å². The molecule has 8 nitrogen and oxygen atoms in total. The monoisotopic (exact) mass is 541 g/mol. The Balaban J connectivity index is 1.57. The van der Waals surface area contributed by atoms with Crippen molar-refractivity contribution in [1.82, 2.24) is 9.97 Å². The Bertz CT molecular complexity index is 1390. The molecule has 0 bridgehead atoms. The van der Waals surface area contributed by atoms with E-state index in [9.17, 15) is 8.78 Å². The van der Waals surface area contributed by atoms with Crippen molar-refractivity contribution in [2.75, 3.05) is 23.3 Å². The molecule has 0 saturated heterocycles. The zero-order valence-corrected chi connectivity index (χ0v) is 20.7. The van der Waals surface area contributed by atoms with Gasteiger partial charge in [-0.15, -0.1) is 0 Å². The number of methoxy groups -OCH3 is 1. The van der Waals surface area contributed by atoms with Gasteiger partial charge in [-0.05, 0) is 47.5 Å². The topological polar surface area (TPSA) is 95.8 Å². The minimum atomic E-state index is -0.560. The summed E-state index contributed by atoms with van der Waals surface area (Å²) >= 11 is 11.4. The first-order valence-corrected chi connectivity index (χ1v) is 11.4. The van der Waals surface area contributed by atoms with Crippen molar-refractivity contribution in [3.05, 3.63) is 99.5 Å². The standard InChI is InChI=1S/C25H19Cl2F2N7O/c1-37-22-5-3-2-4-21(22)32-23-12-24(35-30-13-15-6-8-17(26)19(28)10-15)34-25(33-23)36-31-14-16-7-9-18(27)20(29)11-16/h2-14H,1H3,(H3,32,33,34,35,36). The van der Waals surface area contributed by atoms with Gasteiger partial charge in [0.05, 0.1) is 35.3 Å². The van der Waals surface area contributed by atoms with Gasteiger partial charge in [0.25, 0.3) is 0 Å². The summed E-state index contributed by atoms with van der Waals surface area (Å²) in [6.07, 6.45) is 2.80. The molecule has 4 aromatic rings. The van der Waals surface area contributed by atoms with Gasteiger partial charge >= 0.3 is 0 Å². The molecule has 3 aromatic carbocycles. The van der Waals surface area contributed by atoms with Crippen LogP contribution in [0.4, 0.5) is 32.1 Å². The van der Waals surface area contributed by atoms with Crippen molar-refractivity contribution in [3.63, 3.8) is 0 Å². The molecule has 188 valence electrons. The van der Waals surface area contributed by atoms with Gasteiger partial charge in [-0.1, -0.05) is 47.5 Å². The molecule has 37 heavy (non-hydrogen) atoms. The number of benzene rings is 3. The molecule has 0 fully saturated rings. The van der Waals surface area contributed by atoms with Crippen LogP contribution in [0.1, 0.15) is 11.1 Å². The SMILES string of the molecule is COc1ccccc1Nc1cc(NN=Cc2ccc(Cl)c(F)c2)nc(NN=Cc2ccc(Cl)c(F)c2)n1. The fourth-order valence-corrected chi connectivity index (χ4v) is 3.26. The van der Waals surface area contributed by atoms with Crippen molar-refractivity contribution < 1.29 is 13.5 Å². The summed E-state index contributed by atoms with van der Waals surface area (Å²) in [4.78, 5) is 8.72. The van der Waals surface area contributed by atoms with Gasteiger partial charge in [0.2, 0.25) is 5.95 Å². The minimum absolute atomic E-state index is 0.0150. The maximum absolute atomic E-state index is 13.7. The molecule has 0 atom stereocenters. The van der Waals surface area contributed by atoms with Crippen LogP contribution >= 0.6 is 23.2 Å². The first-order chi connectivity index (χ1) is 17.9. The summed E-state index contributed by atoms with van der Waals surface area (Å²) in [6.45, 7) is 0. The first-order valence-electron chi connectivity index (χ1n) is 10.7. The summed E-state index contributed by atoms with van der Waals surface area (Å²) < 4.78 is 32.7. The lowest BCUT2D eigenvalue weighted by atomic mass is 10.2. The van der Waals surface area contributed by atoms with Crippen LogP contribution in [-0.2, 0) is 0 Å². The van der Waals surface area contributed by atoms with Crippen molar-refractivity contribution in [2.45, 2.75) is 0 Å². The van der Waals surface area contributed by atoms with Crippen LogP contribution in [0.2, 0.25) is 10.0 Å². The van der Waals surface area contributed by atoms with E-state index >= 15 is 0 Å². The molecule has 0 radical (unpaired) electrons. The summed E-state index contributed by atoms with van der Waals surface area (Å²) in [5.41, 5.74) is 7.13. The van der Waals surface area contributed by atoms with Gasteiger partial charge in [-0.3, -0.25) is 5.43 Å². The second-order valence-corrected chi connectivity index (χ2v) is 8.19. The number of aromatic nitrogens is 2. The van der Waals surface area contributed by atoms with Crippen LogP contribution in [0.5, 0.6) is 5.75 Å². The highest BCUT2D eigenvalue weighted by Gasteiger charge is 2.08. The number of anilines is 4. The quantitative estimate of drug-likeness (QED) is 0.161. The van der Waals surface area contributed by atoms with E-state index in [1.54, 1.807) is 31.4 Å². The van der Waals surface area contributed by atoms with Gasteiger partial charge in [0.1, 0.15) is 23.2 Å². The number of ether oxygens (including phenoxy) is 1. The van der Waals surface area contributed by atoms with E-state index in [0.29, 0.717) is 34.2 Å². The Kier molecular flexibility index (Phi) is 8.44. The minimum Gasteiger partial charge on any atom is -0.495 e. The van der Waals surface area contributed by atoms with Gasteiger partial charge < -0.3 is 10.1 Å². The van der Waals surface area contributed by atoms with Crippen molar-refractivity contribution in [1.29, 1.82) is 0 Å². The molecule has 12 heteroatoms. The predicted octanol–water partition coefficient (Wildman–Crippen LogP) is 6.71. The predicted molar refractivity (Wildman–Crippen MR) is 144 cm³/mol. The number of rotatable bonds is 9. The lowest BCUT2D eigenvalue weighted by molar-refractivity contribution is 0.417. The number of halogens is 4. The van der Waals surface area contributed by atoms with E-state index in [1.807, 2.05) is 18.2 Å². The number of hydrogen-bond acceptors (Lipinski definition) is 8. The number of nitrogens with one attached hydrogen (secondary N) is 3. The van der Waals surface area contributed by atoms with E-state index in [0.717, 1.165) is 0 Å². The second kappa shape index (κ2) is 12.1. The van der Waals surface area contributed by atoms with Crippen molar-refractivity contribution in [3.8, 4) is 5.75 Å². The normalized spacial score (nSPS) is 11.2. The highest BCUT2D eigenvalue weighted by atomic mass is 35.5. The van der Waals surface area contributed by atoms with Crippen LogP contribution < -0.4 is 20.9 Å². The largest absolute Gasteiger partial charge is 0.495 e. The van der Waals surface area contributed by atoms with Crippen LogP contribution in [0.15, 0.2) is 76.9 Å². The van der Waals surface area contributed by atoms with Gasteiger partial charge in [0, 0.05) is 6.07 Å². The molecule has 1 heterocycles. The lowest BCUT2D eigenvalue weighted by Gasteiger charge is -2.12. The highest BCUT2D eigenvalue weighted by Crippen LogP contribution is 2.27. The molecule has 0 saturated carbocycles. The molecule has 3 N–H and O–H groups in total. The number of nitrogens with zero attached hydrogens (tertiary/aromatic N) is 4. The smallest absolute Gasteiger partial charge is 0.247 e. The first kappa shape index (κ1) is 25.8. The highest BCUT2D eigenvalue weighted by molar-refractivity contribution is 6.31. The van der Waals surface area contributed by atoms with E-state index < -0.39 is 11.6 Å². The van der Waals surface area contributed by atoms with Crippen LogP contribution in [0, 0.1) is 11.6 Å². The summed E-state index contributed by atoms with van der Waals surface area (Å²) in [6, 6.07) is 17.5. The maximum Gasteiger partial charge on any atom is 0.247 e. The zero-order chi connectivity index (χ0) is 26.2. The maximum atomic E-state index is 13.7. The Hall–Kier alpha value is -4.28. The van der Waals surface area contributed by atoms with Crippen LogP contribution in [0.25, 0.3) is 0 Å². The summed E-state index contributed by atoms with van der Waals surface area (Å²) in [7, 11) is 1.56. The fraction of sp³-hybridized carbons (Fsp3) is 0.0400. The Morgan fingerprint density at radius 3 is 2.00 bits per heavy atom. The molecule has 4 rings (SSSR count). The fourth-order valence-electron chi connectivity index (χ4n) is 3.03. The van der Waals surface area contributed by atoms with E-state index in [-0.39, 0.29) is 16.0 Å². The van der Waals surface area contributed by atoms with Gasteiger partial charge in [-0.25, -0.2) is 14.2 Å².